The maximum atomic E-state index is 12.2. The lowest BCUT2D eigenvalue weighted by molar-refractivity contribution is -0.161. The highest BCUT2D eigenvalue weighted by Gasteiger charge is 2.43. The Morgan fingerprint density at radius 2 is 2.21 bits per heavy atom. The molecule has 6 heteroatoms. The number of amides is 1. The molecular weight excluding hydrogens is 246 g/mol. The van der Waals surface area contributed by atoms with Crippen molar-refractivity contribution in [1.29, 1.82) is 0 Å². The minimum absolute atomic E-state index is 0.111. The van der Waals surface area contributed by atoms with E-state index in [4.69, 9.17) is 0 Å². The van der Waals surface area contributed by atoms with E-state index < -0.39 is 11.5 Å². The van der Waals surface area contributed by atoms with Crippen LogP contribution in [0.1, 0.15) is 32.6 Å². The van der Waals surface area contributed by atoms with Gasteiger partial charge in [-0.3, -0.25) is 9.48 Å². The molecule has 104 valence electrons. The smallest absolute Gasteiger partial charge is 0.329 e. The molecule has 19 heavy (non-hydrogen) atoms. The van der Waals surface area contributed by atoms with Crippen LogP contribution in [0, 0.1) is 0 Å². The van der Waals surface area contributed by atoms with Crippen molar-refractivity contribution in [2.45, 2.75) is 44.7 Å². The van der Waals surface area contributed by atoms with Crippen LogP contribution < -0.4 is 0 Å². The van der Waals surface area contributed by atoms with Gasteiger partial charge in [0.25, 0.3) is 0 Å². The van der Waals surface area contributed by atoms with Crippen LogP contribution in [0.3, 0.4) is 0 Å². The fraction of sp³-hybridized carbons (Fsp3) is 0.615. The lowest BCUT2D eigenvalue weighted by atomic mass is 9.88. The summed E-state index contributed by atoms with van der Waals surface area (Å²) in [7, 11) is 0. The SMILES string of the molecule is CC1(C(=O)O)CCCCN1C(=O)CCn1cccn1. The van der Waals surface area contributed by atoms with Gasteiger partial charge in [0.2, 0.25) is 5.91 Å². The van der Waals surface area contributed by atoms with Crippen molar-refractivity contribution < 1.29 is 14.7 Å². The Morgan fingerprint density at radius 1 is 1.42 bits per heavy atom. The molecule has 6 nitrogen and oxygen atoms in total. The summed E-state index contributed by atoms with van der Waals surface area (Å²) in [5, 5.41) is 13.4. The fourth-order valence-electron chi connectivity index (χ4n) is 2.52. The Balaban J connectivity index is 2.01. The van der Waals surface area contributed by atoms with E-state index in [1.54, 1.807) is 30.1 Å². The van der Waals surface area contributed by atoms with Gasteiger partial charge in [-0.2, -0.15) is 5.10 Å². The number of nitrogens with zero attached hydrogens (tertiary/aromatic N) is 3. The quantitative estimate of drug-likeness (QED) is 0.885. The molecule has 1 aliphatic heterocycles. The highest BCUT2D eigenvalue weighted by atomic mass is 16.4. The number of rotatable bonds is 4. The van der Waals surface area contributed by atoms with E-state index >= 15 is 0 Å². The van der Waals surface area contributed by atoms with Gasteiger partial charge in [0.1, 0.15) is 5.54 Å². The lowest BCUT2D eigenvalue weighted by Gasteiger charge is -2.41. The highest BCUT2D eigenvalue weighted by molar-refractivity contribution is 5.87. The van der Waals surface area contributed by atoms with Gasteiger partial charge in [-0.25, -0.2) is 4.79 Å². The van der Waals surface area contributed by atoms with Crippen molar-refractivity contribution >= 4 is 11.9 Å². The van der Waals surface area contributed by atoms with Crippen molar-refractivity contribution in [3.63, 3.8) is 0 Å². The molecule has 2 rings (SSSR count). The molecule has 1 amide bonds. The van der Waals surface area contributed by atoms with Gasteiger partial charge in [0, 0.05) is 31.9 Å². The Bertz CT molecular complexity index is 458. The molecule has 0 spiro atoms. The number of carboxylic acids is 1. The molecule has 0 radical (unpaired) electrons. The zero-order valence-corrected chi connectivity index (χ0v) is 11.1. The molecule has 1 aromatic heterocycles. The van der Waals surface area contributed by atoms with Crippen LogP contribution in [0.4, 0.5) is 0 Å². The summed E-state index contributed by atoms with van der Waals surface area (Å²) in [5.74, 6) is -1.03. The number of piperidine rings is 1. The zero-order valence-electron chi connectivity index (χ0n) is 11.1. The molecule has 0 saturated carbocycles. The van der Waals surface area contributed by atoms with Crippen LogP contribution in [-0.2, 0) is 16.1 Å². The number of carbonyl (C=O) groups is 2. The second-order valence-corrected chi connectivity index (χ2v) is 5.10. The van der Waals surface area contributed by atoms with Crippen molar-refractivity contribution in [3.8, 4) is 0 Å². The number of aryl methyl sites for hydroxylation is 1. The summed E-state index contributed by atoms with van der Waals surface area (Å²) in [6, 6.07) is 1.80. The first-order valence-corrected chi connectivity index (χ1v) is 6.55. The Morgan fingerprint density at radius 3 is 2.84 bits per heavy atom. The van der Waals surface area contributed by atoms with Crippen LogP contribution in [0.15, 0.2) is 18.5 Å². The number of hydrogen-bond donors (Lipinski definition) is 1. The maximum Gasteiger partial charge on any atom is 0.329 e. The molecular formula is C13H19N3O3. The van der Waals surface area contributed by atoms with E-state index in [9.17, 15) is 14.7 Å². The maximum absolute atomic E-state index is 12.2. The third-order valence-corrected chi connectivity index (χ3v) is 3.77. The minimum atomic E-state index is -1.06. The molecule has 1 atom stereocenters. The Kier molecular flexibility index (Phi) is 3.87. The Labute approximate surface area is 112 Å². The van der Waals surface area contributed by atoms with Gasteiger partial charge < -0.3 is 10.0 Å². The average molecular weight is 265 g/mol. The van der Waals surface area contributed by atoms with E-state index in [1.807, 2.05) is 0 Å². The second kappa shape index (κ2) is 5.42. The largest absolute Gasteiger partial charge is 0.480 e. The van der Waals surface area contributed by atoms with Crippen LogP contribution >= 0.6 is 0 Å². The summed E-state index contributed by atoms with van der Waals surface area (Å²) >= 11 is 0. The molecule has 1 fully saturated rings. The predicted molar refractivity (Wildman–Crippen MR) is 68.4 cm³/mol. The standard InChI is InChI=1S/C13H19N3O3/c1-13(12(18)19)6-2-3-9-16(13)11(17)5-10-15-8-4-7-14-15/h4,7-8H,2-3,5-6,9-10H2,1H3,(H,18,19). The highest BCUT2D eigenvalue weighted by Crippen LogP contribution is 2.28. The van der Waals surface area contributed by atoms with Gasteiger partial charge in [-0.05, 0) is 32.3 Å². The van der Waals surface area contributed by atoms with Crippen molar-refractivity contribution in [2.75, 3.05) is 6.54 Å². The molecule has 0 aromatic carbocycles. The van der Waals surface area contributed by atoms with Gasteiger partial charge in [-0.15, -0.1) is 0 Å². The number of carbonyl (C=O) groups excluding carboxylic acids is 1. The fourth-order valence-corrected chi connectivity index (χ4v) is 2.52. The molecule has 0 aliphatic carbocycles. The molecule has 1 aromatic rings. The van der Waals surface area contributed by atoms with Crippen LogP contribution in [0.25, 0.3) is 0 Å². The third-order valence-electron chi connectivity index (χ3n) is 3.77. The second-order valence-electron chi connectivity index (χ2n) is 5.10. The van der Waals surface area contributed by atoms with E-state index in [0.29, 0.717) is 19.5 Å². The van der Waals surface area contributed by atoms with Crippen LogP contribution in [0.2, 0.25) is 0 Å². The molecule has 2 heterocycles. The summed E-state index contributed by atoms with van der Waals surface area (Å²) < 4.78 is 1.68. The first-order valence-electron chi connectivity index (χ1n) is 6.55. The zero-order chi connectivity index (χ0) is 13.9. The lowest BCUT2D eigenvalue weighted by Crippen LogP contribution is -2.57. The Hall–Kier alpha value is -1.85. The molecule has 1 saturated heterocycles. The summed E-state index contributed by atoms with van der Waals surface area (Å²) in [5.41, 5.74) is -1.06. The van der Waals surface area contributed by atoms with E-state index in [0.717, 1.165) is 12.8 Å². The van der Waals surface area contributed by atoms with Crippen LogP contribution in [-0.4, -0.2) is 43.7 Å². The van der Waals surface area contributed by atoms with Crippen molar-refractivity contribution in [2.24, 2.45) is 0 Å². The number of aliphatic carboxylic acids is 1. The molecule has 0 bridgehead atoms. The van der Waals surface area contributed by atoms with Gasteiger partial charge in [-0.1, -0.05) is 0 Å². The average Bonchev–Trinajstić information content (AvgIpc) is 2.89. The molecule has 1 aliphatic rings. The third kappa shape index (κ3) is 2.77. The van der Waals surface area contributed by atoms with Crippen molar-refractivity contribution in [1.82, 2.24) is 14.7 Å². The number of carboxylic acid groups (broad SMARTS) is 1. The van der Waals surface area contributed by atoms with Crippen molar-refractivity contribution in [3.05, 3.63) is 18.5 Å². The van der Waals surface area contributed by atoms with E-state index in [2.05, 4.69) is 5.10 Å². The van der Waals surface area contributed by atoms with E-state index in [-0.39, 0.29) is 12.3 Å². The summed E-state index contributed by atoms with van der Waals surface area (Å²) in [6.07, 6.45) is 5.98. The first-order chi connectivity index (χ1) is 9.04. The van der Waals surface area contributed by atoms with Gasteiger partial charge in [0.05, 0.1) is 0 Å². The normalized spacial score (nSPS) is 23.3. The predicted octanol–water partition coefficient (Wildman–Crippen LogP) is 1.13. The topological polar surface area (TPSA) is 75.4 Å². The van der Waals surface area contributed by atoms with Gasteiger partial charge >= 0.3 is 5.97 Å². The molecule has 1 unspecified atom stereocenters. The monoisotopic (exact) mass is 265 g/mol. The summed E-state index contributed by atoms with van der Waals surface area (Å²) in [6.45, 7) is 2.65. The van der Waals surface area contributed by atoms with Gasteiger partial charge in [0.15, 0.2) is 0 Å². The number of hydrogen-bond acceptors (Lipinski definition) is 3. The number of aromatic nitrogens is 2. The minimum Gasteiger partial charge on any atom is -0.480 e. The first kappa shape index (κ1) is 13.6. The molecule has 1 N–H and O–H groups in total. The van der Waals surface area contributed by atoms with Crippen LogP contribution in [0.5, 0.6) is 0 Å². The number of likely N-dealkylation sites (tertiary alicyclic amines) is 1. The van der Waals surface area contributed by atoms with E-state index in [1.165, 1.54) is 4.90 Å². The summed E-state index contributed by atoms with van der Waals surface area (Å²) in [4.78, 5) is 25.2.